The van der Waals surface area contributed by atoms with E-state index in [0.29, 0.717) is 11.5 Å². The third-order valence-electron chi connectivity index (χ3n) is 1.92. The third-order valence-corrected chi connectivity index (χ3v) is 2.14. The molecule has 0 bridgehead atoms. The maximum atomic E-state index is 11.9. The molecule has 4 heteroatoms. The molecule has 2 nitrogen and oxygen atoms in total. The van der Waals surface area contributed by atoms with E-state index in [2.05, 4.69) is 5.32 Å². The molecular formula is C10H13FN2S. The molecule has 0 unspecified atom stereocenters. The first kappa shape index (κ1) is 10.9. The Kier molecular flexibility index (Phi) is 3.83. The molecule has 1 rings (SSSR count). The predicted molar refractivity (Wildman–Crippen MR) is 61.5 cm³/mol. The quantitative estimate of drug-likeness (QED) is 0.750. The number of halogens is 1. The average molecular weight is 212 g/mol. The second-order valence-electron chi connectivity index (χ2n) is 3.01. The van der Waals surface area contributed by atoms with Crippen LogP contribution in [0, 0.1) is 6.92 Å². The van der Waals surface area contributed by atoms with Gasteiger partial charge in [-0.05, 0) is 30.7 Å². The molecule has 0 aliphatic rings. The van der Waals surface area contributed by atoms with Crippen LogP contribution in [0.1, 0.15) is 11.1 Å². The van der Waals surface area contributed by atoms with Gasteiger partial charge in [0.05, 0.1) is 0 Å². The van der Waals surface area contributed by atoms with Crippen molar-refractivity contribution in [2.45, 2.75) is 6.92 Å². The van der Waals surface area contributed by atoms with Crippen LogP contribution in [0.4, 0.5) is 10.1 Å². The van der Waals surface area contributed by atoms with Crippen molar-refractivity contribution in [3.63, 3.8) is 0 Å². The van der Waals surface area contributed by atoms with Crippen molar-refractivity contribution in [2.75, 3.05) is 18.5 Å². The Morgan fingerprint density at radius 3 is 2.79 bits per heavy atom. The SMILES string of the molecule is Cc1cc(NCCF)ccc1C(N)=S. The van der Waals surface area contributed by atoms with E-state index in [9.17, 15) is 4.39 Å². The van der Waals surface area contributed by atoms with Crippen molar-refractivity contribution >= 4 is 22.9 Å². The van der Waals surface area contributed by atoms with Gasteiger partial charge in [-0.2, -0.15) is 0 Å². The van der Waals surface area contributed by atoms with Crippen LogP contribution in [0.3, 0.4) is 0 Å². The van der Waals surface area contributed by atoms with Crippen LogP contribution in [-0.2, 0) is 0 Å². The summed E-state index contributed by atoms with van der Waals surface area (Å²) in [5, 5.41) is 2.94. The van der Waals surface area contributed by atoms with E-state index in [1.807, 2.05) is 25.1 Å². The van der Waals surface area contributed by atoms with Crippen LogP contribution in [0.15, 0.2) is 18.2 Å². The standard InChI is InChI=1S/C10H13FN2S/c1-7-6-8(13-5-4-11)2-3-9(7)10(12)14/h2-3,6,13H,4-5H2,1H3,(H2,12,14). The Hall–Kier alpha value is -1.16. The highest BCUT2D eigenvalue weighted by atomic mass is 32.1. The molecule has 0 heterocycles. The van der Waals surface area contributed by atoms with Crippen molar-refractivity contribution in [1.29, 1.82) is 0 Å². The van der Waals surface area contributed by atoms with Gasteiger partial charge in [-0.1, -0.05) is 12.2 Å². The van der Waals surface area contributed by atoms with E-state index in [4.69, 9.17) is 18.0 Å². The summed E-state index contributed by atoms with van der Waals surface area (Å²) in [6.45, 7) is 1.87. The van der Waals surface area contributed by atoms with E-state index < -0.39 is 0 Å². The topological polar surface area (TPSA) is 38.0 Å². The van der Waals surface area contributed by atoms with E-state index in [1.165, 1.54) is 0 Å². The Morgan fingerprint density at radius 2 is 2.29 bits per heavy atom. The van der Waals surface area contributed by atoms with Crippen LogP contribution in [0.2, 0.25) is 0 Å². The lowest BCUT2D eigenvalue weighted by Gasteiger charge is -2.08. The molecule has 0 saturated heterocycles. The Balaban J connectivity index is 2.83. The summed E-state index contributed by atoms with van der Waals surface area (Å²) in [6, 6.07) is 5.60. The van der Waals surface area contributed by atoms with Crippen LogP contribution in [0.5, 0.6) is 0 Å². The van der Waals surface area contributed by atoms with E-state index in [-0.39, 0.29) is 6.67 Å². The summed E-state index contributed by atoms with van der Waals surface area (Å²) < 4.78 is 11.9. The molecule has 0 atom stereocenters. The van der Waals surface area contributed by atoms with Crippen molar-refractivity contribution < 1.29 is 4.39 Å². The average Bonchev–Trinajstić information content (AvgIpc) is 2.14. The molecule has 0 fully saturated rings. The minimum Gasteiger partial charge on any atom is -0.389 e. The van der Waals surface area contributed by atoms with Gasteiger partial charge in [0.25, 0.3) is 0 Å². The zero-order chi connectivity index (χ0) is 10.6. The van der Waals surface area contributed by atoms with E-state index >= 15 is 0 Å². The minimum atomic E-state index is -0.379. The second kappa shape index (κ2) is 4.91. The molecule has 0 aliphatic carbocycles. The van der Waals surface area contributed by atoms with Crippen molar-refractivity contribution in [1.82, 2.24) is 0 Å². The number of nitrogens with one attached hydrogen (secondary N) is 1. The fourth-order valence-electron chi connectivity index (χ4n) is 1.24. The van der Waals surface area contributed by atoms with Crippen LogP contribution in [0.25, 0.3) is 0 Å². The molecule has 1 aromatic carbocycles. The first-order chi connectivity index (χ1) is 6.65. The number of hydrogen-bond acceptors (Lipinski definition) is 2. The summed E-state index contributed by atoms with van der Waals surface area (Å²) >= 11 is 4.88. The molecule has 0 aliphatic heterocycles. The molecule has 0 spiro atoms. The number of benzene rings is 1. The molecular weight excluding hydrogens is 199 g/mol. The lowest BCUT2D eigenvalue weighted by Crippen LogP contribution is -2.11. The molecule has 0 aromatic heterocycles. The van der Waals surface area contributed by atoms with Gasteiger partial charge >= 0.3 is 0 Å². The number of alkyl halides is 1. The fraction of sp³-hybridized carbons (Fsp3) is 0.300. The number of thiocarbonyl (C=S) groups is 1. The number of rotatable bonds is 4. The summed E-state index contributed by atoms with van der Waals surface area (Å²) in [6.07, 6.45) is 0. The summed E-state index contributed by atoms with van der Waals surface area (Å²) in [7, 11) is 0. The zero-order valence-electron chi connectivity index (χ0n) is 8.01. The van der Waals surface area contributed by atoms with Gasteiger partial charge in [-0.25, -0.2) is 4.39 Å². The van der Waals surface area contributed by atoms with Gasteiger partial charge in [0.1, 0.15) is 11.7 Å². The molecule has 76 valence electrons. The maximum Gasteiger partial charge on any atom is 0.107 e. The molecule has 0 radical (unpaired) electrons. The van der Waals surface area contributed by atoms with Gasteiger partial charge in [0.15, 0.2) is 0 Å². The Morgan fingerprint density at radius 1 is 1.57 bits per heavy atom. The largest absolute Gasteiger partial charge is 0.389 e. The van der Waals surface area contributed by atoms with E-state index in [1.54, 1.807) is 0 Å². The lowest BCUT2D eigenvalue weighted by atomic mass is 10.1. The van der Waals surface area contributed by atoms with Gasteiger partial charge in [-0.3, -0.25) is 0 Å². The van der Waals surface area contributed by atoms with Crippen LogP contribution >= 0.6 is 12.2 Å². The van der Waals surface area contributed by atoms with Crippen molar-refractivity contribution in [2.24, 2.45) is 5.73 Å². The normalized spacial score (nSPS) is 9.86. The number of hydrogen-bond donors (Lipinski definition) is 2. The zero-order valence-corrected chi connectivity index (χ0v) is 8.83. The molecule has 14 heavy (non-hydrogen) atoms. The minimum absolute atomic E-state index is 0.325. The van der Waals surface area contributed by atoms with Crippen LogP contribution < -0.4 is 11.1 Å². The predicted octanol–water partition coefficient (Wildman–Crippen LogP) is 2.01. The first-order valence-corrected chi connectivity index (χ1v) is 4.76. The Bertz CT molecular complexity index is 339. The molecule has 0 saturated carbocycles. The number of nitrogens with two attached hydrogens (primary N) is 1. The summed E-state index contributed by atoms with van der Waals surface area (Å²) in [4.78, 5) is 0.388. The fourth-order valence-corrected chi connectivity index (χ4v) is 1.47. The summed E-state index contributed by atoms with van der Waals surface area (Å²) in [5.74, 6) is 0. The Labute approximate surface area is 88.3 Å². The maximum absolute atomic E-state index is 11.9. The molecule has 3 N–H and O–H groups in total. The van der Waals surface area contributed by atoms with Crippen LogP contribution in [-0.4, -0.2) is 18.2 Å². The van der Waals surface area contributed by atoms with Gasteiger partial charge in [0, 0.05) is 17.8 Å². The van der Waals surface area contributed by atoms with Gasteiger partial charge < -0.3 is 11.1 Å². The molecule has 1 aromatic rings. The second-order valence-corrected chi connectivity index (χ2v) is 3.45. The van der Waals surface area contributed by atoms with Gasteiger partial charge in [0.2, 0.25) is 0 Å². The third kappa shape index (κ3) is 2.67. The smallest absolute Gasteiger partial charge is 0.107 e. The highest BCUT2D eigenvalue weighted by molar-refractivity contribution is 7.80. The highest BCUT2D eigenvalue weighted by Crippen LogP contribution is 2.14. The van der Waals surface area contributed by atoms with Crippen molar-refractivity contribution in [3.05, 3.63) is 29.3 Å². The number of aryl methyl sites for hydroxylation is 1. The van der Waals surface area contributed by atoms with Gasteiger partial charge in [-0.15, -0.1) is 0 Å². The lowest BCUT2D eigenvalue weighted by molar-refractivity contribution is 0.513. The highest BCUT2D eigenvalue weighted by Gasteiger charge is 2.01. The molecule has 0 amide bonds. The number of anilines is 1. The monoisotopic (exact) mass is 212 g/mol. The summed E-state index contributed by atoms with van der Waals surface area (Å²) in [5.41, 5.74) is 8.27. The van der Waals surface area contributed by atoms with Crippen molar-refractivity contribution in [3.8, 4) is 0 Å². The first-order valence-electron chi connectivity index (χ1n) is 4.35. The van der Waals surface area contributed by atoms with E-state index in [0.717, 1.165) is 16.8 Å².